The lowest BCUT2D eigenvalue weighted by molar-refractivity contribution is -0.141. The third-order valence-corrected chi connectivity index (χ3v) is 3.04. The number of carbonyl (C=O) groups excluding carboxylic acids is 1. The van der Waals surface area contributed by atoms with Crippen molar-refractivity contribution < 1.29 is 9.53 Å². The largest absolute Gasteiger partial charge is 0.467 e. The Hall–Kier alpha value is -2.11. The van der Waals surface area contributed by atoms with Gasteiger partial charge >= 0.3 is 5.97 Å². The molecule has 0 aliphatic heterocycles. The van der Waals surface area contributed by atoms with Gasteiger partial charge in [0.15, 0.2) is 5.65 Å². The summed E-state index contributed by atoms with van der Waals surface area (Å²) in [7, 11) is 1.40. The van der Waals surface area contributed by atoms with E-state index in [-0.39, 0.29) is 5.97 Å². The number of fused-ring (bicyclic) bond motifs is 1. The molecule has 0 amide bonds. The minimum Gasteiger partial charge on any atom is -0.467 e. The summed E-state index contributed by atoms with van der Waals surface area (Å²) < 4.78 is 6.55. The van der Waals surface area contributed by atoms with E-state index < -0.39 is 6.04 Å². The van der Waals surface area contributed by atoms with Crippen molar-refractivity contribution in [3.05, 3.63) is 24.0 Å². The number of esters is 1. The van der Waals surface area contributed by atoms with Crippen LogP contribution in [0.15, 0.2) is 18.5 Å². The predicted molar refractivity (Wildman–Crippen MR) is 76.6 cm³/mol. The summed E-state index contributed by atoms with van der Waals surface area (Å²) in [4.78, 5) is 16.1. The van der Waals surface area contributed by atoms with Gasteiger partial charge in [0.25, 0.3) is 0 Å². The van der Waals surface area contributed by atoms with E-state index in [2.05, 4.69) is 29.2 Å². The quantitative estimate of drug-likeness (QED) is 0.846. The zero-order valence-corrected chi connectivity index (χ0v) is 12.3. The van der Waals surface area contributed by atoms with Crippen molar-refractivity contribution in [2.24, 2.45) is 5.92 Å². The Morgan fingerprint density at radius 1 is 1.45 bits per heavy atom. The number of anilines is 1. The first-order valence-electron chi connectivity index (χ1n) is 6.66. The van der Waals surface area contributed by atoms with Crippen LogP contribution in [0.5, 0.6) is 0 Å². The number of hydrogen-bond donors (Lipinski definition) is 1. The zero-order valence-electron chi connectivity index (χ0n) is 12.3. The number of hydrogen-bond acceptors (Lipinski definition) is 5. The standard InChI is InChI=1S/C14H20N4O2/c1-9(2)5-11(14(19)20-4)17-13-7-10(3)6-12-15-8-16-18(12)13/h6-9,11,17H,5H2,1-4H3. The smallest absolute Gasteiger partial charge is 0.328 e. The molecule has 1 unspecified atom stereocenters. The van der Waals surface area contributed by atoms with Crippen LogP contribution in [0.2, 0.25) is 0 Å². The molecule has 0 aromatic carbocycles. The van der Waals surface area contributed by atoms with Crippen molar-refractivity contribution >= 4 is 17.4 Å². The Labute approximate surface area is 118 Å². The average molecular weight is 276 g/mol. The molecule has 108 valence electrons. The van der Waals surface area contributed by atoms with Gasteiger partial charge < -0.3 is 10.1 Å². The molecule has 2 heterocycles. The maximum Gasteiger partial charge on any atom is 0.328 e. The molecule has 2 rings (SSSR count). The number of carbonyl (C=O) groups is 1. The van der Waals surface area contributed by atoms with Crippen molar-refractivity contribution in [1.82, 2.24) is 14.6 Å². The number of methoxy groups -OCH3 is 1. The summed E-state index contributed by atoms with van der Waals surface area (Å²) in [5, 5.41) is 7.38. The van der Waals surface area contributed by atoms with Crippen LogP contribution in [-0.2, 0) is 9.53 Å². The molecule has 0 saturated heterocycles. The number of ether oxygens (including phenoxy) is 1. The molecule has 0 saturated carbocycles. The Bertz CT molecular complexity index is 606. The minimum absolute atomic E-state index is 0.270. The fourth-order valence-electron chi connectivity index (χ4n) is 2.17. The first kappa shape index (κ1) is 14.3. The van der Waals surface area contributed by atoms with Gasteiger partial charge in [-0.2, -0.15) is 9.61 Å². The molecule has 6 heteroatoms. The monoisotopic (exact) mass is 276 g/mol. The van der Waals surface area contributed by atoms with E-state index in [9.17, 15) is 4.79 Å². The molecule has 0 bridgehead atoms. The average Bonchev–Trinajstić information content (AvgIpc) is 2.84. The van der Waals surface area contributed by atoms with E-state index in [1.165, 1.54) is 13.4 Å². The van der Waals surface area contributed by atoms with E-state index in [4.69, 9.17) is 4.74 Å². The van der Waals surface area contributed by atoms with E-state index in [0.717, 1.165) is 17.0 Å². The molecule has 6 nitrogen and oxygen atoms in total. The molecule has 2 aromatic heterocycles. The Kier molecular flexibility index (Phi) is 4.22. The van der Waals surface area contributed by atoms with Crippen LogP contribution in [0.1, 0.15) is 25.8 Å². The van der Waals surface area contributed by atoms with Crippen LogP contribution in [-0.4, -0.2) is 33.7 Å². The lowest BCUT2D eigenvalue weighted by Gasteiger charge is -2.20. The van der Waals surface area contributed by atoms with Crippen LogP contribution in [0, 0.1) is 12.8 Å². The second-order valence-electron chi connectivity index (χ2n) is 5.30. The maximum atomic E-state index is 11.9. The minimum atomic E-state index is -0.394. The lowest BCUT2D eigenvalue weighted by Crippen LogP contribution is -2.33. The van der Waals surface area contributed by atoms with Gasteiger partial charge in [-0.3, -0.25) is 0 Å². The number of rotatable bonds is 5. The van der Waals surface area contributed by atoms with Gasteiger partial charge in [-0.25, -0.2) is 9.78 Å². The fraction of sp³-hybridized carbons (Fsp3) is 0.500. The van der Waals surface area contributed by atoms with Gasteiger partial charge in [0, 0.05) is 0 Å². The van der Waals surface area contributed by atoms with Crippen molar-refractivity contribution in [3.63, 3.8) is 0 Å². The summed E-state index contributed by atoms with van der Waals surface area (Å²) in [6.45, 7) is 6.12. The highest BCUT2D eigenvalue weighted by Gasteiger charge is 2.21. The molecule has 1 N–H and O–H groups in total. The molecule has 0 radical (unpaired) electrons. The predicted octanol–water partition coefficient (Wildman–Crippen LogP) is 2.04. The topological polar surface area (TPSA) is 68.5 Å². The second-order valence-corrected chi connectivity index (χ2v) is 5.30. The highest BCUT2D eigenvalue weighted by molar-refractivity contribution is 5.79. The van der Waals surface area contributed by atoms with Crippen LogP contribution in [0.4, 0.5) is 5.82 Å². The van der Waals surface area contributed by atoms with Crippen LogP contribution in [0.3, 0.4) is 0 Å². The molecule has 0 aliphatic carbocycles. The fourth-order valence-corrected chi connectivity index (χ4v) is 2.17. The lowest BCUT2D eigenvalue weighted by atomic mass is 10.0. The Morgan fingerprint density at radius 3 is 2.85 bits per heavy atom. The Balaban J connectivity index is 2.32. The van der Waals surface area contributed by atoms with Gasteiger partial charge in [-0.1, -0.05) is 13.8 Å². The maximum absolute atomic E-state index is 11.9. The summed E-state index contributed by atoms with van der Waals surface area (Å²) in [5.74, 6) is 0.852. The van der Waals surface area contributed by atoms with Gasteiger partial charge in [-0.05, 0) is 37.0 Å². The molecule has 1 atom stereocenters. The first-order valence-corrected chi connectivity index (χ1v) is 6.66. The molecule has 0 fully saturated rings. The van der Waals surface area contributed by atoms with E-state index >= 15 is 0 Å². The van der Waals surface area contributed by atoms with Gasteiger partial charge in [0.1, 0.15) is 18.2 Å². The van der Waals surface area contributed by atoms with E-state index in [1.807, 2.05) is 19.1 Å². The Morgan fingerprint density at radius 2 is 2.20 bits per heavy atom. The second kappa shape index (κ2) is 5.90. The van der Waals surface area contributed by atoms with Crippen molar-refractivity contribution in [2.45, 2.75) is 33.2 Å². The van der Waals surface area contributed by atoms with Crippen molar-refractivity contribution in [3.8, 4) is 0 Å². The van der Waals surface area contributed by atoms with E-state index in [1.54, 1.807) is 4.52 Å². The van der Waals surface area contributed by atoms with Crippen molar-refractivity contribution in [2.75, 3.05) is 12.4 Å². The molecular weight excluding hydrogens is 256 g/mol. The SMILES string of the molecule is COC(=O)C(CC(C)C)Nc1cc(C)cc2ncnn12. The summed E-state index contributed by atoms with van der Waals surface area (Å²) in [6.07, 6.45) is 2.19. The summed E-state index contributed by atoms with van der Waals surface area (Å²) in [6, 6.07) is 3.49. The molecule has 2 aromatic rings. The van der Waals surface area contributed by atoms with Gasteiger partial charge in [0.2, 0.25) is 0 Å². The number of nitrogens with one attached hydrogen (secondary N) is 1. The molecular formula is C14H20N4O2. The number of nitrogens with zero attached hydrogens (tertiary/aromatic N) is 3. The normalized spacial score (nSPS) is 12.7. The zero-order chi connectivity index (χ0) is 14.7. The van der Waals surface area contributed by atoms with Crippen molar-refractivity contribution in [1.29, 1.82) is 0 Å². The van der Waals surface area contributed by atoms with Crippen LogP contribution >= 0.6 is 0 Å². The van der Waals surface area contributed by atoms with E-state index in [0.29, 0.717) is 12.3 Å². The van der Waals surface area contributed by atoms with Crippen LogP contribution in [0.25, 0.3) is 5.65 Å². The molecule has 20 heavy (non-hydrogen) atoms. The highest BCUT2D eigenvalue weighted by Crippen LogP contribution is 2.17. The molecule has 0 spiro atoms. The third kappa shape index (κ3) is 3.07. The molecule has 0 aliphatic rings. The highest BCUT2D eigenvalue weighted by atomic mass is 16.5. The van der Waals surface area contributed by atoms with Gasteiger partial charge in [0.05, 0.1) is 7.11 Å². The number of pyridine rings is 1. The number of aryl methyl sites for hydroxylation is 1. The van der Waals surface area contributed by atoms with Gasteiger partial charge in [-0.15, -0.1) is 0 Å². The number of aromatic nitrogens is 3. The third-order valence-electron chi connectivity index (χ3n) is 3.04. The first-order chi connectivity index (χ1) is 9.51. The summed E-state index contributed by atoms with van der Waals surface area (Å²) in [5.41, 5.74) is 1.81. The summed E-state index contributed by atoms with van der Waals surface area (Å²) >= 11 is 0. The van der Waals surface area contributed by atoms with Crippen LogP contribution < -0.4 is 5.32 Å².